The molecule has 0 aromatic carbocycles. The molecule has 0 spiro atoms. The molecule has 0 saturated heterocycles. The Labute approximate surface area is 102 Å². The van der Waals surface area contributed by atoms with E-state index in [9.17, 15) is 0 Å². The number of hydrogen-bond donors (Lipinski definition) is 1. The van der Waals surface area contributed by atoms with Gasteiger partial charge < -0.3 is 14.8 Å². The predicted molar refractivity (Wildman–Crippen MR) is 67.9 cm³/mol. The fourth-order valence-electron chi connectivity index (χ4n) is 1.67. The number of nitrogens with one attached hydrogen (secondary N) is 1. The van der Waals surface area contributed by atoms with Crippen molar-refractivity contribution in [3.8, 4) is 0 Å². The highest BCUT2D eigenvalue weighted by Crippen LogP contribution is 2.24. The lowest BCUT2D eigenvalue weighted by atomic mass is 10.1. The topological polar surface area (TPSA) is 30.5 Å². The third-order valence-electron chi connectivity index (χ3n) is 2.46. The quantitative estimate of drug-likeness (QED) is 0.747. The molecule has 1 heterocycles. The van der Waals surface area contributed by atoms with Crippen LogP contribution < -0.4 is 5.32 Å². The highest BCUT2D eigenvalue weighted by atomic mass is 32.1. The van der Waals surface area contributed by atoms with Crippen LogP contribution >= 0.6 is 11.3 Å². The maximum Gasteiger partial charge on any atom is 0.176 e. The molecule has 16 heavy (non-hydrogen) atoms. The van der Waals surface area contributed by atoms with Crippen molar-refractivity contribution in [2.75, 3.05) is 20.8 Å². The summed E-state index contributed by atoms with van der Waals surface area (Å²) in [6.45, 7) is 5.22. The van der Waals surface area contributed by atoms with Crippen LogP contribution in [0.3, 0.4) is 0 Å². The lowest BCUT2D eigenvalue weighted by Crippen LogP contribution is -2.34. The normalized spacial score (nSPS) is 13.3. The fraction of sp³-hybridized carbons (Fsp3) is 0.667. The fourth-order valence-corrected chi connectivity index (χ4v) is 2.41. The molecule has 0 radical (unpaired) electrons. The van der Waals surface area contributed by atoms with Crippen LogP contribution in [0.25, 0.3) is 0 Å². The lowest BCUT2D eigenvalue weighted by molar-refractivity contribution is -0.124. The second-order valence-electron chi connectivity index (χ2n) is 3.76. The first-order valence-corrected chi connectivity index (χ1v) is 6.44. The number of aryl methyl sites for hydroxylation is 1. The minimum absolute atomic E-state index is 0.111. The van der Waals surface area contributed by atoms with Crippen LogP contribution in [0, 0.1) is 6.92 Å². The molecule has 0 aliphatic heterocycles. The van der Waals surface area contributed by atoms with Gasteiger partial charge in [-0.1, -0.05) is 6.92 Å². The molecule has 1 aromatic heterocycles. The van der Waals surface area contributed by atoms with Crippen molar-refractivity contribution in [2.45, 2.75) is 32.6 Å². The monoisotopic (exact) mass is 243 g/mol. The highest BCUT2D eigenvalue weighted by molar-refractivity contribution is 7.10. The second-order valence-corrected chi connectivity index (χ2v) is 4.88. The zero-order valence-corrected chi connectivity index (χ0v) is 11.3. The summed E-state index contributed by atoms with van der Waals surface area (Å²) in [4.78, 5) is 1.31. The van der Waals surface area contributed by atoms with Crippen molar-refractivity contribution in [2.24, 2.45) is 0 Å². The van der Waals surface area contributed by atoms with Crippen molar-refractivity contribution in [1.82, 2.24) is 5.32 Å². The highest BCUT2D eigenvalue weighted by Gasteiger charge is 2.22. The van der Waals surface area contributed by atoms with Crippen LogP contribution in [0.1, 0.15) is 29.8 Å². The molecule has 4 heteroatoms. The first-order valence-electron chi connectivity index (χ1n) is 5.57. The number of methoxy groups -OCH3 is 2. The van der Waals surface area contributed by atoms with E-state index in [2.05, 4.69) is 30.6 Å². The summed E-state index contributed by atoms with van der Waals surface area (Å²) in [5, 5.41) is 5.62. The summed E-state index contributed by atoms with van der Waals surface area (Å²) in [6, 6.07) is 2.29. The SMILES string of the molecule is CCCNC(c1csc(C)c1)C(OC)OC. The lowest BCUT2D eigenvalue weighted by Gasteiger charge is -2.25. The molecule has 0 saturated carbocycles. The van der Waals surface area contributed by atoms with E-state index in [1.165, 1.54) is 10.4 Å². The minimum Gasteiger partial charge on any atom is -0.354 e. The standard InChI is InChI=1S/C12H21NO2S/c1-5-6-13-11(12(14-3)15-4)10-7-9(2)16-8-10/h7-8,11-13H,5-6H2,1-4H3. The van der Waals surface area contributed by atoms with Crippen LogP contribution in [0.2, 0.25) is 0 Å². The van der Waals surface area contributed by atoms with Gasteiger partial charge in [0.1, 0.15) is 0 Å². The van der Waals surface area contributed by atoms with Gasteiger partial charge in [0, 0.05) is 19.1 Å². The Hall–Kier alpha value is -0.420. The maximum atomic E-state index is 5.34. The Morgan fingerprint density at radius 2 is 2.06 bits per heavy atom. The average molecular weight is 243 g/mol. The molecule has 0 bridgehead atoms. The van der Waals surface area contributed by atoms with Gasteiger partial charge in [-0.15, -0.1) is 11.3 Å². The Balaban J connectivity index is 2.77. The van der Waals surface area contributed by atoms with Crippen molar-refractivity contribution in [3.05, 3.63) is 21.9 Å². The van der Waals surface area contributed by atoms with Crippen molar-refractivity contribution < 1.29 is 9.47 Å². The molecular formula is C12H21NO2S. The summed E-state index contributed by atoms with van der Waals surface area (Å²) in [5.41, 5.74) is 1.24. The zero-order chi connectivity index (χ0) is 12.0. The van der Waals surface area contributed by atoms with Gasteiger partial charge >= 0.3 is 0 Å². The Morgan fingerprint density at radius 3 is 2.50 bits per heavy atom. The smallest absolute Gasteiger partial charge is 0.176 e. The van der Waals surface area contributed by atoms with Crippen LogP contribution in [-0.4, -0.2) is 27.1 Å². The van der Waals surface area contributed by atoms with E-state index in [0.29, 0.717) is 0 Å². The third-order valence-corrected chi connectivity index (χ3v) is 3.34. The largest absolute Gasteiger partial charge is 0.354 e. The Bertz CT molecular complexity index is 297. The summed E-state index contributed by atoms with van der Waals surface area (Å²) in [5.74, 6) is 0. The van der Waals surface area contributed by atoms with Crippen LogP contribution in [-0.2, 0) is 9.47 Å². The summed E-state index contributed by atoms with van der Waals surface area (Å²) >= 11 is 1.75. The summed E-state index contributed by atoms with van der Waals surface area (Å²) in [6.07, 6.45) is 0.861. The van der Waals surface area contributed by atoms with E-state index in [0.717, 1.165) is 13.0 Å². The van der Waals surface area contributed by atoms with Gasteiger partial charge in [-0.2, -0.15) is 0 Å². The van der Waals surface area contributed by atoms with Gasteiger partial charge in [0.15, 0.2) is 6.29 Å². The number of ether oxygens (including phenoxy) is 2. The van der Waals surface area contributed by atoms with Crippen LogP contribution in [0.15, 0.2) is 11.4 Å². The first-order chi connectivity index (χ1) is 7.72. The van der Waals surface area contributed by atoms with E-state index in [4.69, 9.17) is 9.47 Å². The molecule has 0 amide bonds. The molecule has 0 aliphatic carbocycles. The molecule has 1 atom stereocenters. The molecule has 1 rings (SSSR count). The Morgan fingerprint density at radius 1 is 1.38 bits per heavy atom. The van der Waals surface area contributed by atoms with E-state index in [1.54, 1.807) is 25.6 Å². The maximum absolute atomic E-state index is 5.34. The Kier molecular flexibility index (Phi) is 5.98. The molecule has 0 fully saturated rings. The van der Waals surface area contributed by atoms with Gasteiger partial charge in [0.2, 0.25) is 0 Å². The minimum atomic E-state index is -0.236. The second kappa shape index (κ2) is 7.01. The van der Waals surface area contributed by atoms with Gasteiger partial charge in [-0.3, -0.25) is 0 Å². The molecule has 3 nitrogen and oxygen atoms in total. The molecule has 1 unspecified atom stereocenters. The molecule has 1 aromatic rings. The van der Waals surface area contributed by atoms with Crippen molar-refractivity contribution >= 4 is 11.3 Å². The van der Waals surface area contributed by atoms with Crippen LogP contribution in [0.5, 0.6) is 0 Å². The van der Waals surface area contributed by atoms with Crippen molar-refractivity contribution in [1.29, 1.82) is 0 Å². The van der Waals surface area contributed by atoms with E-state index < -0.39 is 0 Å². The van der Waals surface area contributed by atoms with Gasteiger partial charge in [-0.25, -0.2) is 0 Å². The molecule has 0 aliphatic rings. The van der Waals surface area contributed by atoms with Crippen LogP contribution in [0.4, 0.5) is 0 Å². The predicted octanol–water partition coefficient (Wildman–Crippen LogP) is 2.72. The van der Waals surface area contributed by atoms with Gasteiger partial charge in [0.25, 0.3) is 0 Å². The zero-order valence-electron chi connectivity index (χ0n) is 10.4. The summed E-state index contributed by atoms with van der Waals surface area (Å²) < 4.78 is 10.7. The number of hydrogen-bond acceptors (Lipinski definition) is 4. The first kappa shape index (κ1) is 13.6. The van der Waals surface area contributed by atoms with Gasteiger partial charge in [-0.05, 0) is 36.9 Å². The van der Waals surface area contributed by atoms with E-state index in [-0.39, 0.29) is 12.3 Å². The van der Waals surface area contributed by atoms with Gasteiger partial charge in [0.05, 0.1) is 6.04 Å². The van der Waals surface area contributed by atoms with E-state index >= 15 is 0 Å². The number of rotatable bonds is 7. The molecule has 92 valence electrons. The average Bonchev–Trinajstić information content (AvgIpc) is 2.71. The molecule has 1 N–H and O–H groups in total. The van der Waals surface area contributed by atoms with E-state index in [1.807, 2.05) is 0 Å². The van der Waals surface area contributed by atoms with Crippen molar-refractivity contribution in [3.63, 3.8) is 0 Å². The summed E-state index contributed by atoms with van der Waals surface area (Å²) in [7, 11) is 3.35. The molecular weight excluding hydrogens is 222 g/mol. The third kappa shape index (κ3) is 3.56. The number of thiophene rings is 1.